The quantitative estimate of drug-likeness (QED) is 0.537. The van der Waals surface area contributed by atoms with Crippen LogP contribution in [0.4, 0.5) is 18.9 Å². The lowest BCUT2D eigenvalue weighted by Crippen LogP contribution is -2.07. The number of hydrogen-bond acceptors (Lipinski definition) is 2. The molecule has 0 aliphatic carbocycles. The molecular weight excluding hydrogens is 327 g/mol. The Balaban J connectivity index is 1.94. The number of ether oxygens (including phenoxy) is 1. The third-order valence-corrected chi connectivity index (χ3v) is 3.90. The zero-order chi connectivity index (χ0) is 18.1. The molecule has 0 aromatic heterocycles. The summed E-state index contributed by atoms with van der Waals surface area (Å²) in [6.07, 6.45) is 0.182. The zero-order valence-electron chi connectivity index (χ0n) is 14.4. The minimum Gasteiger partial charge on any atom is -0.493 e. The van der Waals surface area contributed by atoms with Gasteiger partial charge in [-0.2, -0.15) is 13.2 Å². The van der Waals surface area contributed by atoms with E-state index in [1.807, 2.05) is 24.3 Å². The van der Waals surface area contributed by atoms with E-state index in [1.165, 1.54) is 18.9 Å². The van der Waals surface area contributed by atoms with E-state index >= 15 is 0 Å². The fourth-order valence-corrected chi connectivity index (χ4v) is 2.50. The average molecular weight is 351 g/mol. The van der Waals surface area contributed by atoms with Crippen molar-refractivity contribution in [1.82, 2.24) is 0 Å². The number of halogens is 3. The molecule has 0 atom stereocenters. The van der Waals surface area contributed by atoms with Crippen molar-refractivity contribution in [1.29, 1.82) is 0 Å². The van der Waals surface area contributed by atoms with E-state index < -0.39 is 11.7 Å². The first-order valence-corrected chi connectivity index (χ1v) is 8.62. The monoisotopic (exact) mass is 351 g/mol. The van der Waals surface area contributed by atoms with Crippen LogP contribution in [0, 0.1) is 0 Å². The second-order valence-corrected chi connectivity index (χ2v) is 5.95. The Labute approximate surface area is 147 Å². The van der Waals surface area contributed by atoms with Crippen molar-refractivity contribution in [3.8, 4) is 5.75 Å². The predicted octanol–water partition coefficient (Wildman–Crippen LogP) is 6.28. The van der Waals surface area contributed by atoms with Crippen molar-refractivity contribution in [2.45, 2.75) is 45.3 Å². The van der Waals surface area contributed by atoms with Crippen LogP contribution in [0.15, 0.2) is 48.5 Å². The Kier molecular flexibility index (Phi) is 7.16. The summed E-state index contributed by atoms with van der Waals surface area (Å²) in [4.78, 5) is 0. The van der Waals surface area contributed by atoms with E-state index in [9.17, 15) is 13.2 Å². The molecule has 0 fully saturated rings. The number of unbranched alkanes of at least 4 members (excludes halogenated alkanes) is 3. The van der Waals surface area contributed by atoms with Crippen LogP contribution in [0.25, 0.3) is 0 Å². The number of anilines is 1. The lowest BCUT2D eigenvalue weighted by atomic mass is 10.1. The molecule has 0 spiro atoms. The zero-order valence-corrected chi connectivity index (χ0v) is 14.4. The lowest BCUT2D eigenvalue weighted by molar-refractivity contribution is -0.137. The van der Waals surface area contributed by atoms with Gasteiger partial charge in [0.1, 0.15) is 5.75 Å². The molecule has 2 aromatic carbocycles. The fraction of sp³-hybridized carbons (Fsp3) is 0.400. The summed E-state index contributed by atoms with van der Waals surface area (Å²) in [5.74, 6) is 0.776. The second-order valence-electron chi connectivity index (χ2n) is 5.95. The highest BCUT2D eigenvalue weighted by atomic mass is 19.4. The first-order chi connectivity index (χ1) is 12.0. The highest BCUT2D eigenvalue weighted by Crippen LogP contribution is 2.31. The maximum atomic E-state index is 12.8. The maximum absolute atomic E-state index is 12.8. The third-order valence-electron chi connectivity index (χ3n) is 3.90. The van der Waals surface area contributed by atoms with Gasteiger partial charge in [0.05, 0.1) is 12.2 Å². The molecule has 136 valence electrons. The Morgan fingerprint density at radius 2 is 1.76 bits per heavy atom. The van der Waals surface area contributed by atoms with Gasteiger partial charge < -0.3 is 10.1 Å². The van der Waals surface area contributed by atoms with Crippen molar-refractivity contribution in [3.05, 3.63) is 59.7 Å². The van der Waals surface area contributed by atoms with Gasteiger partial charge in [-0.3, -0.25) is 0 Å². The average Bonchev–Trinajstić information content (AvgIpc) is 2.60. The Morgan fingerprint density at radius 1 is 0.960 bits per heavy atom. The van der Waals surface area contributed by atoms with Crippen LogP contribution in [0.5, 0.6) is 5.75 Å². The fourth-order valence-electron chi connectivity index (χ4n) is 2.50. The number of nitrogens with one attached hydrogen (secondary N) is 1. The summed E-state index contributed by atoms with van der Waals surface area (Å²) in [5, 5.41) is 3.04. The minimum atomic E-state index is -4.34. The Hall–Kier alpha value is -2.17. The summed E-state index contributed by atoms with van der Waals surface area (Å²) in [7, 11) is 0. The molecule has 0 unspecified atom stereocenters. The summed E-state index contributed by atoms with van der Waals surface area (Å²) < 4.78 is 44.2. The van der Waals surface area contributed by atoms with Crippen molar-refractivity contribution in [2.75, 3.05) is 11.9 Å². The van der Waals surface area contributed by atoms with Crippen molar-refractivity contribution >= 4 is 5.69 Å². The van der Waals surface area contributed by atoms with Gasteiger partial charge in [0.15, 0.2) is 0 Å². The summed E-state index contributed by atoms with van der Waals surface area (Å²) in [6, 6.07) is 12.8. The van der Waals surface area contributed by atoms with Crippen molar-refractivity contribution in [2.24, 2.45) is 0 Å². The topological polar surface area (TPSA) is 21.3 Å². The molecule has 0 heterocycles. The lowest BCUT2D eigenvalue weighted by Gasteiger charge is -2.14. The Morgan fingerprint density at radius 3 is 2.52 bits per heavy atom. The highest BCUT2D eigenvalue weighted by Gasteiger charge is 2.30. The van der Waals surface area contributed by atoms with Crippen LogP contribution in [0.1, 0.15) is 43.7 Å². The van der Waals surface area contributed by atoms with Gasteiger partial charge in [0.2, 0.25) is 0 Å². The number of para-hydroxylation sites is 1. The normalized spacial score (nSPS) is 11.4. The smallest absolute Gasteiger partial charge is 0.416 e. The molecule has 0 saturated carbocycles. The summed E-state index contributed by atoms with van der Waals surface area (Å²) in [5.41, 5.74) is 0.709. The molecule has 1 N–H and O–H groups in total. The van der Waals surface area contributed by atoms with E-state index in [0.29, 0.717) is 18.8 Å². The SMILES string of the molecule is CCCCCCOc1ccccc1CNc1cccc(C(F)(F)F)c1. The highest BCUT2D eigenvalue weighted by molar-refractivity contribution is 5.48. The third kappa shape index (κ3) is 6.33. The van der Waals surface area contributed by atoms with Crippen LogP contribution in [0.3, 0.4) is 0 Å². The standard InChI is InChI=1S/C20H24F3NO/c1-2-3-4-7-13-25-19-12-6-5-9-16(19)15-24-18-11-8-10-17(14-18)20(21,22)23/h5-6,8-12,14,24H,2-4,7,13,15H2,1H3. The van der Waals surface area contributed by atoms with Crippen LogP contribution >= 0.6 is 0 Å². The first-order valence-electron chi connectivity index (χ1n) is 8.62. The molecule has 0 bridgehead atoms. The number of benzene rings is 2. The molecule has 2 rings (SSSR count). The van der Waals surface area contributed by atoms with Crippen LogP contribution in [-0.4, -0.2) is 6.61 Å². The predicted molar refractivity (Wildman–Crippen MR) is 94.8 cm³/mol. The molecule has 0 aliphatic heterocycles. The maximum Gasteiger partial charge on any atom is 0.416 e. The van der Waals surface area contributed by atoms with E-state index in [1.54, 1.807) is 6.07 Å². The molecule has 2 aromatic rings. The van der Waals surface area contributed by atoms with Gasteiger partial charge in [-0.15, -0.1) is 0 Å². The second kappa shape index (κ2) is 9.35. The molecule has 0 saturated heterocycles. The van der Waals surface area contributed by atoms with Crippen molar-refractivity contribution < 1.29 is 17.9 Å². The molecule has 25 heavy (non-hydrogen) atoms. The number of rotatable bonds is 9. The number of alkyl halides is 3. The van der Waals surface area contributed by atoms with E-state index in [2.05, 4.69) is 12.2 Å². The van der Waals surface area contributed by atoms with Crippen LogP contribution in [0.2, 0.25) is 0 Å². The van der Waals surface area contributed by atoms with Gasteiger partial charge in [-0.25, -0.2) is 0 Å². The summed E-state index contributed by atoms with van der Waals surface area (Å²) in [6.45, 7) is 3.22. The molecule has 0 radical (unpaired) electrons. The van der Waals surface area contributed by atoms with Crippen LogP contribution < -0.4 is 10.1 Å². The number of hydrogen-bond donors (Lipinski definition) is 1. The Bertz CT molecular complexity index is 655. The largest absolute Gasteiger partial charge is 0.493 e. The molecular formula is C20H24F3NO. The molecule has 2 nitrogen and oxygen atoms in total. The minimum absolute atomic E-state index is 0.409. The van der Waals surface area contributed by atoms with E-state index in [-0.39, 0.29) is 0 Å². The van der Waals surface area contributed by atoms with Gasteiger partial charge in [0.25, 0.3) is 0 Å². The van der Waals surface area contributed by atoms with Gasteiger partial charge in [0, 0.05) is 17.8 Å². The molecule has 5 heteroatoms. The van der Waals surface area contributed by atoms with Gasteiger partial charge in [-0.05, 0) is 30.7 Å². The van der Waals surface area contributed by atoms with Gasteiger partial charge in [-0.1, -0.05) is 50.5 Å². The molecule has 0 amide bonds. The van der Waals surface area contributed by atoms with Crippen LogP contribution in [-0.2, 0) is 12.7 Å². The van der Waals surface area contributed by atoms with E-state index in [4.69, 9.17) is 4.74 Å². The first kappa shape index (κ1) is 19.2. The van der Waals surface area contributed by atoms with Crippen molar-refractivity contribution in [3.63, 3.8) is 0 Å². The van der Waals surface area contributed by atoms with E-state index in [0.717, 1.165) is 36.3 Å². The van der Waals surface area contributed by atoms with Gasteiger partial charge >= 0.3 is 6.18 Å². The summed E-state index contributed by atoms with van der Waals surface area (Å²) >= 11 is 0. The molecule has 0 aliphatic rings.